The van der Waals surface area contributed by atoms with Crippen molar-refractivity contribution in [1.82, 2.24) is 0 Å². The van der Waals surface area contributed by atoms with E-state index < -0.39 is 11.9 Å². The monoisotopic (exact) mass is 387 g/mol. The zero-order valence-electron chi connectivity index (χ0n) is 15.2. The summed E-state index contributed by atoms with van der Waals surface area (Å²) in [5, 5.41) is 16.7. The van der Waals surface area contributed by atoms with E-state index in [1.807, 2.05) is 30.3 Å². The van der Waals surface area contributed by atoms with E-state index in [9.17, 15) is 14.7 Å². The van der Waals surface area contributed by atoms with E-state index in [0.29, 0.717) is 16.9 Å². The van der Waals surface area contributed by atoms with Crippen LogP contribution in [0.2, 0.25) is 0 Å². The van der Waals surface area contributed by atoms with Gasteiger partial charge < -0.3 is 9.94 Å². The summed E-state index contributed by atoms with van der Waals surface area (Å²) in [6, 6.07) is 21.6. The van der Waals surface area contributed by atoms with E-state index >= 15 is 0 Å². The van der Waals surface area contributed by atoms with Crippen LogP contribution in [0.5, 0.6) is 5.75 Å². The van der Waals surface area contributed by atoms with Gasteiger partial charge in [-0.05, 0) is 60.2 Å². The lowest BCUT2D eigenvalue weighted by Crippen LogP contribution is -2.07. The number of carbonyl (C=O) groups is 2. The number of hydrogen-bond acceptors (Lipinski definition) is 6. The van der Waals surface area contributed by atoms with Crippen molar-refractivity contribution in [3.05, 3.63) is 96.1 Å². The van der Waals surface area contributed by atoms with Crippen LogP contribution in [0, 0.1) is 0 Å². The maximum Gasteiger partial charge on any atom is 0.355 e. The molecule has 0 heterocycles. The van der Waals surface area contributed by atoms with Crippen LogP contribution in [-0.2, 0) is 9.63 Å². The van der Waals surface area contributed by atoms with E-state index in [0.717, 1.165) is 5.56 Å². The van der Waals surface area contributed by atoms with Crippen LogP contribution in [0.15, 0.2) is 95.2 Å². The smallest absolute Gasteiger partial charge is 0.355 e. The standard InChI is InChI=1S/C22H17N3O4/c26-20-13-7-17(8-14-20)22(28)24-23-18-9-11-19(12-10-18)25-29-21(27)15-6-16-4-2-1-3-5-16/h1-15,25-26H. The van der Waals surface area contributed by atoms with Gasteiger partial charge in [0.2, 0.25) is 0 Å². The normalized spacial score (nSPS) is 10.9. The Labute approximate surface area is 166 Å². The summed E-state index contributed by atoms with van der Waals surface area (Å²) in [6.07, 6.45) is 2.97. The lowest BCUT2D eigenvalue weighted by atomic mass is 10.2. The molecule has 1 amide bonds. The number of nitrogens with one attached hydrogen (secondary N) is 1. The number of anilines is 1. The number of aromatic hydroxyl groups is 1. The minimum Gasteiger partial charge on any atom is -0.508 e. The van der Waals surface area contributed by atoms with Crippen LogP contribution in [0.4, 0.5) is 11.4 Å². The first-order valence-electron chi connectivity index (χ1n) is 8.65. The number of hydrogen-bond donors (Lipinski definition) is 2. The minimum atomic E-state index is -0.544. The van der Waals surface area contributed by atoms with Gasteiger partial charge in [0.15, 0.2) is 0 Å². The molecule has 0 aromatic heterocycles. The number of carbonyl (C=O) groups excluding carboxylic acids is 2. The molecule has 7 nitrogen and oxygen atoms in total. The second kappa shape index (κ2) is 9.61. The van der Waals surface area contributed by atoms with Crippen molar-refractivity contribution >= 4 is 29.3 Å². The molecular formula is C22H17N3O4. The summed E-state index contributed by atoms with van der Waals surface area (Å²) in [5.74, 6) is -0.999. The fourth-order valence-electron chi connectivity index (χ4n) is 2.23. The van der Waals surface area contributed by atoms with E-state index in [4.69, 9.17) is 4.84 Å². The topological polar surface area (TPSA) is 100 Å². The minimum absolute atomic E-state index is 0.0674. The molecule has 0 saturated carbocycles. The van der Waals surface area contributed by atoms with Gasteiger partial charge in [-0.3, -0.25) is 4.79 Å². The van der Waals surface area contributed by atoms with Crippen LogP contribution in [0.25, 0.3) is 6.08 Å². The Morgan fingerprint density at radius 1 is 0.897 bits per heavy atom. The molecule has 0 aliphatic carbocycles. The number of phenolic OH excluding ortho intramolecular Hbond substituents is 1. The number of azo groups is 1. The Morgan fingerprint density at radius 2 is 1.59 bits per heavy atom. The molecule has 3 rings (SSSR count). The summed E-state index contributed by atoms with van der Waals surface area (Å²) >= 11 is 0. The van der Waals surface area contributed by atoms with Crippen LogP contribution in [-0.4, -0.2) is 17.0 Å². The quantitative estimate of drug-likeness (QED) is 0.356. The number of rotatable bonds is 6. The second-order valence-corrected chi connectivity index (χ2v) is 5.87. The Balaban J connectivity index is 1.50. The molecule has 3 aromatic carbocycles. The fourth-order valence-corrected chi connectivity index (χ4v) is 2.23. The first-order chi connectivity index (χ1) is 14.1. The van der Waals surface area contributed by atoms with Crippen molar-refractivity contribution in [2.45, 2.75) is 0 Å². The molecule has 7 heteroatoms. The average molecular weight is 387 g/mol. The van der Waals surface area contributed by atoms with Crippen molar-refractivity contribution in [1.29, 1.82) is 0 Å². The molecule has 0 radical (unpaired) electrons. The number of amides is 1. The van der Waals surface area contributed by atoms with Gasteiger partial charge >= 0.3 is 5.97 Å². The number of benzene rings is 3. The molecule has 2 N–H and O–H groups in total. The maximum absolute atomic E-state index is 11.9. The molecule has 0 aliphatic heterocycles. The van der Waals surface area contributed by atoms with E-state index in [2.05, 4.69) is 15.7 Å². The number of phenols is 1. The van der Waals surface area contributed by atoms with Crippen LogP contribution < -0.4 is 5.48 Å². The molecule has 0 unspecified atom stereocenters. The van der Waals surface area contributed by atoms with Crippen LogP contribution in [0.1, 0.15) is 15.9 Å². The van der Waals surface area contributed by atoms with Crippen molar-refractivity contribution in [2.75, 3.05) is 5.48 Å². The summed E-state index contributed by atoms with van der Waals surface area (Å²) in [4.78, 5) is 28.6. The van der Waals surface area contributed by atoms with Crippen molar-refractivity contribution in [2.24, 2.45) is 10.2 Å². The van der Waals surface area contributed by atoms with Gasteiger partial charge in [-0.15, -0.1) is 10.2 Å². The van der Waals surface area contributed by atoms with Crippen molar-refractivity contribution in [3.63, 3.8) is 0 Å². The lowest BCUT2D eigenvalue weighted by Gasteiger charge is -2.04. The SMILES string of the molecule is O=C(C=Cc1ccccc1)ONc1ccc(N=NC(=O)c2ccc(O)cc2)cc1. The van der Waals surface area contributed by atoms with Gasteiger partial charge in [-0.2, -0.15) is 0 Å². The highest BCUT2D eigenvalue weighted by Gasteiger charge is 2.04. The predicted octanol–water partition coefficient (Wildman–Crippen LogP) is 4.90. The molecular weight excluding hydrogens is 370 g/mol. The Kier molecular flexibility index (Phi) is 6.46. The van der Waals surface area contributed by atoms with Crippen LogP contribution >= 0.6 is 0 Å². The molecule has 3 aromatic rings. The summed E-state index contributed by atoms with van der Waals surface area (Å²) in [6.45, 7) is 0. The van der Waals surface area contributed by atoms with Crippen LogP contribution in [0.3, 0.4) is 0 Å². The molecule has 29 heavy (non-hydrogen) atoms. The largest absolute Gasteiger partial charge is 0.508 e. The fraction of sp³-hybridized carbons (Fsp3) is 0. The maximum atomic E-state index is 11.9. The summed E-state index contributed by atoms with van der Waals surface area (Å²) in [5.41, 5.74) is 4.74. The molecule has 0 atom stereocenters. The first kappa shape index (κ1) is 19.5. The molecule has 0 spiro atoms. The highest BCUT2D eigenvalue weighted by atomic mass is 16.7. The third-order valence-electron chi connectivity index (χ3n) is 3.72. The van der Waals surface area contributed by atoms with Crippen molar-refractivity contribution < 1.29 is 19.5 Å². The van der Waals surface area contributed by atoms with Gasteiger partial charge in [-0.25, -0.2) is 10.3 Å². The molecule has 0 aliphatic rings. The Hall–Kier alpha value is -4.26. The van der Waals surface area contributed by atoms with E-state index in [1.54, 1.807) is 30.3 Å². The second-order valence-electron chi connectivity index (χ2n) is 5.87. The Morgan fingerprint density at radius 3 is 2.28 bits per heavy atom. The van der Waals surface area contributed by atoms with Gasteiger partial charge in [-0.1, -0.05) is 30.3 Å². The summed E-state index contributed by atoms with van der Waals surface area (Å²) < 4.78 is 0. The third-order valence-corrected chi connectivity index (χ3v) is 3.72. The average Bonchev–Trinajstić information content (AvgIpc) is 2.76. The molecule has 0 fully saturated rings. The van der Waals surface area contributed by atoms with E-state index in [1.165, 1.54) is 30.3 Å². The van der Waals surface area contributed by atoms with Gasteiger partial charge in [0.05, 0.1) is 11.4 Å². The zero-order chi connectivity index (χ0) is 20.5. The van der Waals surface area contributed by atoms with Gasteiger partial charge in [0.1, 0.15) is 5.75 Å². The lowest BCUT2D eigenvalue weighted by molar-refractivity contribution is -0.134. The summed E-state index contributed by atoms with van der Waals surface area (Å²) in [7, 11) is 0. The number of nitrogens with zero attached hydrogens (tertiary/aromatic N) is 2. The first-order valence-corrected chi connectivity index (χ1v) is 8.65. The molecule has 0 saturated heterocycles. The highest BCUT2D eigenvalue weighted by Crippen LogP contribution is 2.18. The molecule has 0 bridgehead atoms. The zero-order valence-corrected chi connectivity index (χ0v) is 15.2. The van der Waals surface area contributed by atoms with Gasteiger partial charge in [0, 0.05) is 11.6 Å². The Bertz CT molecular complexity index is 1030. The highest BCUT2D eigenvalue weighted by molar-refractivity contribution is 5.94. The van der Waals surface area contributed by atoms with Crippen molar-refractivity contribution in [3.8, 4) is 5.75 Å². The van der Waals surface area contributed by atoms with E-state index in [-0.39, 0.29) is 5.75 Å². The molecule has 144 valence electrons. The predicted molar refractivity (Wildman–Crippen MR) is 109 cm³/mol. The van der Waals surface area contributed by atoms with Gasteiger partial charge in [0.25, 0.3) is 5.91 Å². The third kappa shape index (κ3) is 6.14.